The van der Waals surface area contributed by atoms with Crippen LogP contribution in [0.3, 0.4) is 0 Å². The largest absolute Gasteiger partial charge is 0.381 e. The van der Waals surface area contributed by atoms with E-state index in [0.29, 0.717) is 34.9 Å². The highest BCUT2D eigenvalue weighted by molar-refractivity contribution is 5.72. The first-order valence-electron chi connectivity index (χ1n) is 10.3. The number of nitrogens with one attached hydrogen (secondary N) is 4. The first-order chi connectivity index (χ1) is 15.6. The van der Waals surface area contributed by atoms with Gasteiger partial charge in [0.2, 0.25) is 0 Å². The molecule has 32 heavy (non-hydrogen) atoms. The van der Waals surface area contributed by atoms with Crippen molar-refractivity contribution in [3.05, 3.63) is 83.7 Å². The Morgan fingerprint density at radius 3 is 2.69 bits per heavy atom. The van der Waals surface area contributed by atoms with E-state index in [2.05, 4.69) is 63.3 Å². The van der Waals surface area contributed by atoms with Crippen LogP contribution in [0.2, 0.25) is 0 Å². The highest BCUT2D eigenvalue weighted by Gasteiger charge is 2.10. The van der Waals surface area contributed by atoms with E-state index >= 15 is 0 Å². The lowest BCUT2D eigenvalue weighted by Crippen LogP contribution is -2.12. The molecule has 0 saturated heterocycles. The van der Waals surface area contributed by atoms with E-state index in [9.17, 15) is 4.39 Å². The summed E-state index contributed by atoms with van der Waals surface area (Å²) in [6.07, 6.45) is 5.70. The lowest BCUT2D eigenvalue weighted by molar-refractivity contribution is 0.625. The maximum Gasteiger partial charge on any atom is 0.151 e. The molecule has 0 spiro atoms. The smallest absolute Gasteiger partial charge is 0.151 e. The molecule has 0 saturated carbocycles. The van der Waals surface area contributed by atoms with E-state index in [0.717, 1.165) is 23.4 Å². The molecule has 0 radical (unpaired) electrons. The van der Waals surface area contributed by atoms with Crippen LogP contribution in [0.1, 0.15) is 16.7 Å². The van der Waals surface area contributed by atoms with Crippen LogP contribution in [-0.4, -0.2) is 25.6 Å². The van der Waals surface area contributed by atoms with Crippen LogP contribution in [0.5, 0.6) is 0 Å². The number of anilines is 3. The third-order valence-corrected chi connectivity index (χ3v) is 4.85. The number of aromatic nitrogens is 1. The molecule has 2 heterocycles. The number of nitrogens with zero attached hydrogens (tertiary/aromatic N) is 1. The van der Waals surface area contributed by atoms with Crippen molar-refractivity contribution in [2.24, 2.45) is 5.84 Å². The molecule has 6 nitrogen and oxygen atoms in total. The Hall–Kier alpha value is -3.68. The number of hydrogen-bond donors (Lipinski definition) is 5. The molecule has 0 atom stereocenters. The molecular formula is C25H29FN6. The molecule has 3 aromatic rings. The molecule has 2 aromatic carbocycles. The summed E-state index contributed by atoms with van der Waals surface area (Å²) in [4.78, 5) is 4.64. The first kappa shape index (κ1) is 23.0. The molecule has 6 N–H and O–H groups in total. The quantitative estimate of drug-likeness (QED) is 0.287. The molecule has 0 amide bonds. The number of benzene rings is 2. The number of halogens is 1. The molecule has 0 unspecified atom stereocenters. The van der Waals surface area contributed by atoms with Crippen LogP contribution in [0.4, 0.5) is 21.6 Å². The topological polar surface area (TPSA) is 87.0 Å². The van der Waals surface area contributed by atoms with Crippen LogP contribution in [-0.2, 0) is 6.54 Å². The molecule has 7 heteroatoms. The lowest BCUT2D eigenvalue weighted by atomic mass is 10.1. The Morgan fingerprint density at radius 2 is 1.97 bits per heavy atom. The third-order valence-electron chi connectivity index (χ3n) is 4.85. The summed E-state index contributed by atoms with van der Waals surface area (Å²) in [5.74, 6) is 5.92. The van der Waals surface area contributed by atoms with Gasteiger partial charge in [0.05, 0.1) is 11.4 Å². The van der Waals surface area contributed by atoms with Crippen molar-refractivity contribution in [2.45, 2.75) is 6.54 Å². The van der Waals surface area contributed by atoms with Gasteiger partial charge in [-0.1, -0.05) is 43.0 Å². The second kappa shape index (κ2) is 11.1. The Morgan fingerprint density at radius 1 is 1.16 bits per heavy atom. The molecule has 4 rings (SSSR count). The number of nitrogen functional groups attached to an aromatic ring is 1. The fourth-order valence-electron chi connectivity index (χ4n) is 3.28. The normalized spacial score (nSPS) is 11.5. The lowest BCUT2D eigenvalue weighted by Gasteiger charge is -2.16. The van der Waals surface area contributed by atoms with Gasteiger partial charge >= 0.3 is 0 Å². The zero-order valence-electron chi connectivity index (χ0n) is 18.4. The van der Waals surface area contributed by atoms with Gasteiger partial charge in [-0.15, -0.1) is 0 Å². The van der Waals surface area contributed by atoms with Crippen LogP contribution < -0.4 is 27.2 Å². The van der Waals surface area contributed by atoms with Gasteiger partial charge in [-0.2, -0.15) is 0 Å². The van der Waals surface area contributed by atoms with E-state index in [4.69, 9.17) is 5.84 Å². The van der Waals surface area contributed by atoms with Gasteiger partial charge in [0.15, 0.2) is 5.82 Å². The van der Waals surface area contributed by atoms with E-state index < -0.39 is 0 Å². The fourth-order valence-corrected chi connectivity index (χ4v) is 3.28. The van der Waals surface area contributed by atoms with Crippen LogP contribution in [0.15, 0.2) is 61.2 Å². The minimum absolute atomic E-state index is 0.328. The Kier molecular flexibility index (Phi) is 7.96. The molecular weight excluding hydrogens is 403 g/mol. The van der Waals surface area contributed by atoms with Gasteiger partial charge in [0.1, 0.15) is 5.82 Å². The second-order valence-electron chi connectivity index (χ2n) is 7.24. The van der Waals surface area contributed by atoms with Gasteiger partial charge in [-0.25, -0.2) is 9.37 Å². The minimum atomic E-state index is -0.328. The highest BCUT2D eigenvalue weighted by atomic mass is 19.1. The van der Waals surface area contributed by atoms with E-state index in [1.54, 1.807) is 12.1 Å². The van der Waals surface area contributed by atoms with E-state index in [-0.39, 0.29) is 5.82 Å². The van der Waals surface area contributed by atoms with E-state index in [1.807, 2.05) is 26.2 Å². The molecule has 1 aromatic heterocycles. The molecule has 1 aliphatic rings. The number of rotatable bonds is 6. The standard InChI is InChI=1S/C23H22FN5.C2H7N/c1-2-16-6-7-18(13-19(16)24)21-9-10-22(29-25)23(28-21)27-14-15-5-8-20-17(12-15)4-3-11-26-20;1-3-2/h2-10,12-13,26,29H,1,11,14,25H2,(H,27,28);3H,1-2H3. The molecule has 166 valence electrons. The SMILES string of the molecule is C=Cc1ccc(-c2ccc(NN)c(NCc3ccc4c(c3)C=CCN4)n2)cc1F.CNC. The van der Waals surface area contributed by atoms with Crippen molar-refractivity contribution in [3.63, 3.8) is 0 Å². The summed E-state index contributed by atoms with van der Waals surface area (Å²) in [5, 5.41) is 9.41. The minimum Gasteiger partial charge on any atom is -0.381 e. The predicted octanol–water partition coefficient (Wildman–Crippen LogP) is 4.70. The average Bonchev–Trinajstić information content (AvgIpc) is 2.83. The summed E-state index contributed by atoms with van der Waals surface area (Å²) in [5.41, 5.74) is 8.53. The highest BCUT2D eigenvalue weighted by Crippen LogP contribution is 2.27. The summed E-state index contributed by atoms with van der Waals surface area (Å²) < 4.78 is 14.1. The van der Waals surface area contributed by atoms with Gasteiger partial charge in [-0.3, -0.25) is 5.84 Å². The van der Waals surface area contributed by atoms with Crippen molar-refractivity contribution in [1.82, 2.24) is 10.3 Å². The molecule has 0 bridgehead atoms. The first-order valence-corrected chi connectivity index (χ1v) is 10.3. The van der Waals surface area contributed by atoms with Crippen molar-refractivity contribution in [2.75, 3.05) is 36.7 Å². The zero-order valence-corrected chi connectivity index (χ0v) is 18.4. The maximum absolute atomic E-state index is 14.1. The number of fused-ring (bicyclic) bond motifs is 1. The predicted molar refractivity (Wildman–Crippen MR) is 134 cm³/mol. The van der Waals surface area contributed by atoms with Gasteiger partial charge in [-0.05, 0) is 55.6 Å². The molecule has 1 aliphatic heterocycles. The van der Waals surface area contributed by atoms with Crippen LogP contribution in [0.25, 0.3) is 23.4 Å². The van der Waals surface area contributed by atoms with E-state index in [1.165, 1.54) is 12.1 Å². The average molecular weight is 433 g/mol. The molecule has 0 fully saturated rings. The number of nitrogens with two attached hydrogens (primary N) is 1. The number of hydrogen-bond acceptors (Lipinski definition) is 6. The summed E-state index contributed by atoms with van der Waals surface area (Å²) in [6.45, 7) is 5.04. The second-order valence-corrected chi connectivity index (χ2v) is 7.24. The zero-order chi connectivity index (χ0) is 22.9. The Labute approximate surface area is 188 Å². The van der Waals surface area contributed by atoms with Crippen molar-refractivity contribution in [3.8, 4) is 11.3 Å². The van der Waals surface area contributed by atoms with Crippen LogP contribution >= 0.6 is 0 Å². The summed E-state index contributed by atoms with van der Waals surface area (Å²) in [6, 6.07) is 14.9. The third kappa shape index (κ3) is 5.51. The number of pyridine rings is 1. The van der Waals surface area contributed by atoms with Crippen molar-refractivity contribution < 1.29 is 4.39 Å². The Bertz CT molecular complexity index is 1110. The van der Waals surface area contributed by atoms with Crippen molar-refractivity contribution in [1.29, 1.82) is 0 Å². The van der Waals surface area contributed by atoms with Gasteiger partial charge < -0.3 is 21.4 Å². The Balaban J connectivity index is 0.000000913. The maximum atomic E-state index is 14.1. The van der Waals surface area contributed by atoms with Gasteiger partial charge in [0, 0.05) is 29.9 Å². The van der Waals surface area contributed by atoms with Crippen molar-refractivity contribution >= 4 is 29.3 Å². The monoisotopic (exact) mass is 432 g/mol. The van der Waals surface area contributed by atoms with Crippen LogP contribution in [0, 0.1) is 5.82 Å². The summed E-state index contributed by atoms with van der Waals surface area (Å²) >= 11 is 0. The fraction of sp³-hybridized carbons (Fsp3) is 0.160. The number of hydrazine groups is 1. The van der Waals surface area contributed by atoms with Gasteiger partial charge in [0.25, 0.3) is 0 Å². The molecule has 0 aliphatic carbocycles. The summed E-state index contributed by atoms with van der Waals surface area (Å²) in [7, 11) is 3.75.